The molecule has 0 saturated carbocycles. The second kappa shape index (κ2) is 8.16. The third-order valence-electron chi connectivity index (χ3n) is 4.51. The van der Waals surface area contributed by atoms with Gasteiger partial charge in [-0.05, 0) is 43.5 Å². The van der Waals surface area contributed by atoms with Crippen molar-refractivity contribution in [3.8, 4) is 0 Å². The number of fused-ring (bicyclic) bond motifs is 1. The van der Waals surface area contributed by atoms with Crippen LogP contribution in [0.4, 0.5) is 0 Å². The second-order valence-corrected chi connectivity index (χ2v) is 8.19. The third kappa shape index (κ3) is 3.86. The molecule has 8 heteroatoms. The molecular weight excluding hydrogens is 402 g/mol. The van der Waals surface area contributed by atoms with Gasteiger partial charge in [-0.15, -0.1) is 11.3 Å². The minimum absolute atomic E-state index is 0.0727. The van der Waals surface area contributed by atoms with Gasteiger partial charge < -0.3 is 19.4 Å². The Hall–Kier alpha value is -3.39. The maximum atomic E-state index is 13.1. The minimum atomic E-state index is -0.688. The van der Waals surface area contributed by atoms with Crippen LogP contribution < -0.4 is 0 Å². The Morgan fingerprint density at radius 1 is 1.37 bits per heavy atom. The van der Waals surface area contributed by atoms with Crippen molar-refractivity contribution in [3.63, 3.8) is 0 Å². The van der Waals surface area contributed by atoms with Crippen molar-refractivity contribution in [1.82, 2.24) is 14.9 Å². The molecule has 0 atom stereocenters. The number of ketones is 1. The summed E-state index contributed by atoms with van der Waals surface area (Å²) in [7, 11) is 1.78. The summed E-state index contributed by atoms with van der Waals surface area (Å²) < 4.78 is 11.2. The number of hydrogen-bond acceptors (Lipinski definition) is 7. The van der Waals surface area contributed by atoms with Crippen molar-refractivity contribution in [2.45, 2.75) is 26.5 Å². The highest BCUT2D eigenvalue weighted by Gasteiger charge is 2.39. The summed E-state index contributed by atoms with van der Waals surface area (Å²) in [6.07, 6.45) is 4.71. The smallest absolute Gasteiger partial charge is 0.348 e. The van der Waals surface area contributed by atoms with Gasteiger partial charge in [0.25, 0.3) is 0 Å². The summed E-state index contributed by atoms with van der Waals surface area (Å²) in [5.74, 6) is -0.911. The van der Waals surface area contributed by atoms with Crippen molar-refractivity contribution in [2.75, 3.05) is 7.05 Å². The van der Waals surface area contributed by atoms with E-state index in [1.807, 2.05) is 29.6 Å². The lowest BCUT2D eigenvalue weighted by Crippen LogP contribution is -2.23. The first kappa shape index (κ1) is 19.9. The summed E-state index contributed by atoms with van der Waals surface area (Å²) in [5.41, 5.74) is 1.37. The second-order valence-electron chi connectivity index (χ2n) is 7.15. The number of nitrogens with zero attached hydrogens (tertiary/aromatic N) is 2. The van der Waals surface area contributed by atoms with Gasteiger partial charge in [0, 0.05) is 35.3 Å². The first-order valence-electron chi connectivity index (χ1n) is 9.49. The fraction of sp³-hybridized carbons (Fsp3) is 0.227. The summed E-state index contributed by atoms with van der Waals surface area (Å²) in [5, 5.41) is 2.83. The van der Waals surface area contributed by atoms with Gasteiger partial charge in [0.1, 0.15) is 5.65 Å². The number of esters is 1. The monoisotopic (exact) mass is 423 g/mol. The zero-order valence-electron chi connectivity index (χ0n) is 16.8. The molecule has 154 valence electrons. The van der Waals surface area contributed by atoms with Gasteiger partial charge in [-0.25, -0.2) is 9.78 Å². The largest absolute Gasteiger partial charge is 0.459 e. The summed E-state index contributed by atoms with van der Waals surface area (Å²) in [4.78, 5) is 35.9. The molecule has 7 nitrogen and oxygen atoms in total. The number of rotatable bonds is 6. The van der Waals surface area contributed by atoms with Crippen molar-refractivity contribution < 1.29 is 19.1 Å². The van der Waals surface area contributed by atoms with Crippen LogP contribution in [0.2, 0.25) is 0 Å². The number of H-pyrrole nitrogens is 1. The number of nitrogens with one attached hydrogen (secondary N) is 1. The third-order valence-corrected chi connectivity index (χ3v) is 5.37. The van der Waals surface area contributed by atoms with Gasteiger partial charge in [-0.3, -0.25) is 4.79 Å². The highest BCUT2D eigenvalue weighted by molar-refractivity contribution is 7.09. The molecule has 0 unspecified atom stereocenters. The molecular formula is C22H21N3O4S. The molecule has 0 saturated heterocycles. The molecule has 30 heavy (non-hydrogen) atoms. The minimum Gasteiger partial charge on any atom is -0.459 e. The number of allylic oxidation sites excluding steroid dienone is 1. The normalized spacial score (nSPS) is 15.3. The average molecular weight is 423 g/mol. The Morgan fingerprint density at radius 3 is 2.93 bits per heavy atom. The van der Waals surface area contributed by atoms with Gasteiger partial charge in [-0.1, -0.05) is 6.07 Å². The molecule has 4 heterocycles. The van der Waals surface area contributed by atoms with E-state index in [2.05, 4.69) is 9.97 Å². The maximum Gasteiger partial charge on any atom is 0.348 e. The van der Waals surface area contributed by atoms with Gasteiger partial charge in [0.05, 0.1) is 12.6 Å². The zero-order valence-corrected chi connectivity index (χ0v) is 17.7. The van der Waals surface area contributed by atoms with Gasteiger partial charge >= 0.3 is 5.97 Å². The zero-order chi connectivity index (χ0) is 21.3. The van der Waals surface area contributed by atoms with Crippen LogP contribution in [0.15, 0.2) is 59.3 Å². The molecule has 1 N–H and O–H groups in total. The van der Waals surface area contributed by atoms with Crippen LogP contribution in [0, 0.1) is 0 Å². The lowest BCUT2D eigenvalue weighted by Gasteiger charge is -2.19. The molecule has 0 radical (unpaired) electrons. The highest BCUT2D eigenvalue weighted by Crippen LogP contribution is 2.32. The number of carbonyl (C=O) groups excluding carboxylic acids is 2. The number of aromatic amines is 1. The molecule has 1 aliphatic rings. The number of pyridine rings is 1. The number of ether oxygens (including phenoxy) is 2. The average Bonchev–Trinajstić information content (AvgIpc) is 3.42. The lowest BCUT2D eigenvalue weighted by molar-refractivity contribution is -0.143. The van der Waals surface area contributed by atoms with Crippen LogP contribution in [0.1, 0.15) is 24.3 Å². The highest BCUT2D eigenvalue weighted by atomic mass is 32.1. The van der Waals surface area contributed by atoms with Crippen LogP contribution in [0.5, 0.6) is 0 Å². The summed E-state index contributed by atoms with van der Waals surface area (Å²) >= 11 is 1.59. The van der Waals surface area contributed by atoms with Gasteiger partial charge in [0.15, 0.2) is 11.3 Å². The van der Waals surface area contributed by atoms with Crippen LogP contribution in [0.3, 0.4) is 0 Å². The SMILES string of the molecule is CC(C)OC(=O)C1=C(N(C)Cc2cccs2)OC(=Cc2c[nH]c3ncccc23)C1=O. The number of carbonyl (C=O) groups is 2. The van der Waals surface area contributed by atoms with E-state index in [0.717, 1.165) is 15.8 Å². The van der Waals surface area contributed by atoms with E-state index >= 15 is 0 Å². The molecule has 4 rings (SSSR count). The van der Waals surface area contributed by atoms with E-state index in [-0.39, 0.29) is 23.3 Å². The van der Waals surface area contributed by atoms with Gasteiger partial charge in [-0.2, -0.15) is 0 Å². The molecule has 1 aliphatic heterocycles. The summed E-state index contributed by atoms with van der Waals surface area (Å²) in [6, 6.07) is 7.66. The van der Waals surface area contributed by atoms with E-state index in [9.17, 15) is 9.59 Å². The maximum absolute atomic E-state index is 13.1. The number of aromatic nitrogens is 2. The first-order valence-corrected chi connectivity index (χ1v) is 10.4. The fourth-order valence-electron chi connectivity index (χ4n) is 3.18. The Balaban J connectivity index is 1.69. The standard InChI is InChI=1S/C22H21N3O4S/c1-13(2)28-22(27)18-19(26)17(10-14-11-24-20-16(14)7-4-8-23-20)29-21(18)25(3)12-15-6-5-9-30-15/h4-11,13H,12H2,1-3H3,(H,23,24). The summed E-state index contributed by atoms with van der Waals surface area (Å²) in [6.45, 7) is 3.98. The Kier molecular flexibility index (Phi) is 5.41. The Labute approximate surface area is 177 Å². The first-order chi connectivity index (χ1) is 14.4. The number of hydrogen-bond donors (Lipinski definition) is 1. The van der Waals surface area contributed by atoms with E-state index in [1.54, 1.807) is 55.6 Å². The van der Waals surface area contributed by atoms with Crippen LogP contribution in [0.25, 0.3) is 17.1 Å². The molecule has 0 spiro atoms. The van der Waals surface area contributed by atoms with E-state index in [4.69, 9.17) is 9.47 Å². The van der Waals surface area contributed by atoms with Crippen LogP contribution in [-0.4, -0.2) is 39.8 Å². The predicted molar refractivity (Wildman–Crippen MR) is 114 cm³/mol. The molecule has 0 fully saturated rings. The molecule has 0 aromatic carbocycles. The fourth-order valence-corrected chi connectivity index (χ4v) is 3.94. The molecule has 3 aromatic heterocycles. The molecule has 0 bridgehead atoms. The number of Topliss-reactive ketones (excluding diaryl/α,β-unsaturated/α-hetero) is 1. The van der Waals surface area contributed by atoms with Crippen molar-refractivity contribution in [1.29, 1.82) is 0 Å². The predicted octanol–water partition coefficient (Wildman–Crippen LogP) is 3.86. The Morgan fingerprint density at radius 2 is 2.20 bits per heavy atom. The topological polar surface area (TPSA) is 84.5 Å². The molecule has 0 aliphatic carbocycles. The van der Waals surface area contributed by atoms with Crippen molar-refractivity contribution in [3.05, 3.63) is 69.7 Å². The van der Waals surface area contributed by atoms with E-state index < -0.39 is 11.8 Å². The van der Waals surface area contributed by atoms with Gasteiger partial charge in [0.2, 0.25) is 11.7 Å². The van der Waals surface area contributed by atoms with E-state index in [1.165, 1.54) is 0 Å². The quantitative estimate of drug-likeness (QED) is 0.368. The molecule has 3 aromatic rings. The van der Waals surface area contributed by atoms with Crippen LogP contribution >= 0.6 is 11.3 Å². The van der Waals surface area contributed by atoms with Crippen molar-refractivity contribution in [2.24, 2.45) is 0 Å². The Bertz CT molecular complexity index is 1160. The molecule has 0 amide bonds. The lowest BCUT2D eigenvalue weighted by atomic mass is 10.1. The number of thiophene rings is 1. The van der Waals surface area contributed by atoms with E-state index in [0.29, 0.717) is 12.2 Å². The van der Waals surface area contributed by atoms with Crippen LogP contribution in [-0.2, 0) is 25.6 Å². The van der Waals surface area contributed by atoms with Crippen molar-refractivity contribution >= 4 is 40.2 Å².